The van der Waals surface area contributed by atoms with Crippen LogP contribution < -0.4 is 10.6 Å². The van der Waals surface area contributed by atoms with Crippen molar-refractivity contribution in [2.24, 2.45) is 4.99 Å². The molecule has 0 aliphatic rings. The van der Waals surface area contributed by atoms with Crippen molar-refractivity contribution >= 4 is 16.0 Å². The molecule has 7 nitrogen and oxygen atoms in total. The number of sulfonamides is 1. The van der Waals surface area contributed by atoms with Crippen LogP contribution in [0.3, 0.4) is 0 Å². The van der Waals surface area contributed by atoms with Crippen LogP contribution in [0.4, 0.5) is 0 Å². The molecule has 0 spiro atoms. The number of aliphatic imine (C=N–C) groups is 1. The van der Waals surface area contributed by atoms with Gasteiger partial charge in [-0.25, -0.2) is 8.42 Å². The maximum Gasteiger partial charge on any atom is 0.243 e. The van der Waals surface area contributed by atoms with Crippen molar-refractivity contribution in [3.05, 3.63) is 29.8 Å². The van der Waals surface area contributed by atoms with Crippen LogP contribution in [-0.4, -0.2) is 58.6 Å². The van der Waals surface area contributed by atoms with E-state index in [2.05, 4.69) is 15.6 Å². The fourth-order valence-electron chi connectivity index (χ4n) is 2.15. The molecule has 1 aromatic carbocycles. The summed E-state index contributed by atoms with van der Waals surface area (Å²) in [6.45, 7) is 8.47. The summed E-state index contributed by atoms with van der Waals surface area (Å²) in [6.07, 6.45) is 0.907. The summed E-state index contributed by atoms with van der Waals surface area (Å²) in [5.74, 6) is 0.706. The largest absolute Gasteiger partial charge is 0.382 e. The molecule has 0 aliphatic carbocycles. The summed E-state index contributed by atoms with van der Waals surface area (Å²) in [4.78, 5) is 4.47. The molecule has 0 saturated carbocycles. The maximum atomic E-state index is 12.5. The van der Waals surface area contributed by atoms with E-state index in [1.54, 1.807) is 26.2 Å². The van der Waals surface area contributed by atoms with Crippen LogP contribution >= 0.6 is 0 Å². The van der Waals surface area contributed by atoms with Crippen molar-refractivity contribution in [1.82, 2.24) is 14.9 Å². The van der Waals surface area contributed by atoms with Gasteiger partial charge in [-0.3, -0.25) is 4.99 Å². The lowest BCUT2D eigenvalue weighted by Gasteiger charge is -2.21. The molecule has 0 heterocycles. The molecule has 0 fully saturated rings. The molecule has 0 atom stereocenters. The standard InChI is InChI=1S/C18H32N4O3S/c1-6-25-13-7-12-20-18(19-4)21-14-16-8-10-17(11-9-16)26(23,24)22(5)15(2)3/h8-11,15H,6-7,12-14H2,1-5H3,(H2,19,20,21). The van der Waals surface area contributed by atoms with Crippen LogP contribution in [0, 0.1) is 0 Å². The number of hydrogen-bond acceptors (Lipinski definition) is 4. The first-order valence-electron chi connectivity index (χ1n) is 8.92. The van der Waals surface area contributed by atoms with E-state index < -0.39 is 10.0 Å². The Morgan fingerprint density at radius 3 is 2.42 bits per heavy atom. The van der Waals surface area contributed by atoms with Crippen LogP contribution in [0.1, 0.15) is 32.8 Å². The van der Waals surface area contributed by atoms with E-state index >= 15 is 0 Å². The predicted molar refractivity (Wildman–Crippen MR) is 106 cm³/mol. The summed E-state index contributed by atoms with van der Waals surface area (Å²) >= 11 is 0. The van der Waals surface area contributed by atoms with Gasteiger partial charge >= 0.3 is 0 Å². The second-order valence-electron chi connectivity index (χ2n) is 6.16. The van der Waals surface area contributed by atoms with Gasteiger partial charge in [0.05, 0.1) is 4.90 Å². The summed E-state index contributed by atoms with van der Waals surface area (Å²) < 4.78 is 31.6. The van der Waals surface area contributed by atoms with Crippen LogP contribution in [-0.2, 0) is 21.3 Å². The van der Waals surface area contributed by atoms with E-state index in [0.29, 0.717) is 17.4 Å². The lowest BCUT2D eigenvalue weighted by Crippen LogP contribution is -2.37. The van der Waals surface area contributed by atoms with Crippen LogP contribution in [0.5, 0.6) is 0 Å². The molecule has 1 aromatic rings. The van der Waals surface area contributed by atoms with Crippen molar-refractivity contribution in [1.29, 1.82) is 0 Å². The number of nitrogens with one attached hydrogen (secondary N) is 2. The Morgan fingerprint density at radius 1 is 1.23 bits per heavy atom. The highest BCUT2D eigenvalue weighted by atomic mass is 32.2. The van der Waals surface area contributed by atoms with Gasteiger partial charge in [0.2, 0.25) is 10.0 Å². The molecule has 26 heavy (non-hydrogen) atoms. The number of guanidine groups is 1. The van der Waals surface area contributed by atoms with Gasteiger partial charge in [0.15, 0.2) is 5.96 Å². The Bertz CT molecular complexity index is 658. The minimum Gasteiger partial charge on any atom is -0.382 e. The quantitative estimate of drug-likeness (QED) is 0.365. The summed E-state index contributed by atoms with van der Waals surface area (Å²) in [7, 11) is -0.134. The Balaban J connectivity index is 2.56. The van der Waals surface area contributed by atoms with Gasteiger partial charge in [-0.05, 0) is 44.9 Å². The van der Waals surface area contributed by atoms with Crippen molar-refractivity contribution in [2.45, 2.75) is 44.7 Å². The molecule has 0 saturated heterocycles. The Hall–Kier alpha value is -1.64. The third-order valence-corrected chi connectivity index (χ3v) is 6.02. The first-order valence-corrected chi connectivity index (χ1v) is 10.4. The summed E-state index contributed by atoms with van der Waals surface area (Å²) in [5.41, 5.74) is 0.980. The zero-order chi connectivity index (χ0) is 19.6. The molecule has 0 unspecified atom stereocenters. The Kier molecular flexibility index (Phi) is 9.61. The number of rotatable bonds is 10. The van der Waals surface area contributed by atoms with Crippen molar-refractivity contribution < 1.29 is 13.2 Å². The third-order valence-electron chi connectivity index (χ3n) is 3.97. The van der Waals surface area contributed by atoms with Gasteiger partial charge in [0, 0.05) is 46.4 Å². The zero-order valence-corrected chi connectivity index (χ0v) is 17.3. The van der Waals surface area contributed by atoms with Gasteiger partial charge < -0.3 is 15.4 Å². The summed E-state index contributed by atoms with van der Waals surface area (Å²) in [6, 6.07) is 6.83. The van der Waals surface area contributed by atoms with Crippen LogP contribution in [0.15, 0.2) is 34.2 Å². The number of nitrogens with zero attached hydrogens (tertiary/aromatic N) is 2. The second-order valence-corrected chi connectivity index (χ2v) is 8.16. The molecule has 1 rings (SSSR count). The topological polar surface area (TPSA) is 83.0 Å². The first-order chi connectivity index (χ1) is 12.3. The molecular weight excluding hydrogens is 352 g/mol. The van der Waals surface area contributed by atoms with Gasteiger partial charge in [0.25, 0.3) is 0 Å². The molecule has 0 aromatic heterocycles. The van der Waals surface area contributed by atoms with Crippen molar-refractivity contribution in [2.75, 3.05) is 33.9 Å². The second kappa shape index (κ2) is 11.2. The molecule has 8 heteroatoms. The zero-order valence-electron chi connectivity index (χ0n) is 16.4. The van der Waals surface area contributed by atoms with E-state index in [0.717, 1.165) is 31.7 Å². The van der Waals surface area contributed by atoms with Crippen LogP contribution in [0.2, 0.25) is 0 Å². The van der Waals surface area contributed by atoms with Gasteiger partial charge in [0.1, 0.15) is 0 Å². The maximum absolute atomic E-state index is 12.5. The smallest absolute Gasteiger partial charge is 0.243 e. The minimum atomic E-state index is -3.45. The SMILES string of the molecule is CCOCCCNC(=NC)NCc1ccc(S(=O)(=O)N(C)C(C)C)cc1. The molecule has 2 N–H and O–H groups in total. The van der Waals surface area contributed by atoms with E-state index in [1.807, 2.05) is 32.9 Å². The third kappa shape index (κ3) is 6.93. The Labute approximate surface area is 157 Å². The number of hydrogen-bond donors (Lipinski definition) is 2. The molecular formula is C18H32N4O3S. The lowest BCUT2D eigenvalue weighted by atomic mass is 10.2. The van der Waals surface area contributed by atoms with Crippen molar-refractivity contribution in [3.63, 3.8) is 0 Å². The van der Waals surface area contributed by atoms with Crippen LogP contribution in [0.25, 0.3) is 0 Å². The predicted octanol–water partition coefficient (Wildman–Crippen LogP) is 1.81. The first kappa shape index (κ1) is 22.4. The highest BCUT2D eigenvalue weighted by Gasteiger charge is 2.22. The fraction of sp³-hybridized carbons (Fsp3) is 0.611. The van der Waals surface area contributed by atoms with Crippen molar-refractivity contribution in [3.8, 4) is 0 Å². The molecule has 0 radical (unpaired) electrons. The Morgan fingerprint density at radius 2 is 1.88 bits per heavy atom. The van der Waals surface area contributed by atoms with Gasteiger partial charge in [-0.2, -0.15) is 4.31 Å². The van der Waals surface area contributed by atoms with E-state index in [9.17, 15) is 8.42 Å². The van der Waals surface area contributed by atoms with Gasteiger partial charge in [-0.1, -0.05) is 12.1 Å². The summed E-state index contributed by atoms with van der Waals surface area (Å²) in [5, 5.41) is 6.43. The lowest BCUT2D eigenvalue weighted by molar-refractivity contribution is 0.145. The highest BCUT2D eigenvalue weighted by molar-refractivity contribution is 7.89. The average Bonchev–Trinajstić information content (AvgIpc) is 2.63. The number of benzene rings is 1. The van der Waals surface area contributed by atoms with E-state index in [1.165, 1.54) is 4.31 Å². The van der Waals surface area contributed by atoms with E-state index in [4.69, 9.17) is 4.74 Å². The fourth-order valence-corrected chi connectivity index (χ4v) is 3.52. The highest BCUT2D eigenvalue weighted by Crippen LogP contribution is 2.17. The molecule has 0 aliphatic heterocycles. The molecule has 148 valence electrons. The molecule has 0 bridgehead atoms. The molecule has 0 amide bonds. The normalized spacial score (nSPS) is 12.7. The van der Waals surface area contributed by atoms with E-state index in [-0.39, 0.29) is 6.04 Å². The van der Waals surface area contributed by atoms with Gasteiger partial charge in [-0.15, -0.1) is 0 Å². The number of ether oxygens (including phenoxy) is 1. The minimum absolute atomic E-state index is 0.0848. The monoisotopic (exact) mass is 384 g/mol. The average molecular weight is 385 g/mol.